The number of hydrogen-bond donors (Lipinski definition) is 3. The summed E-state index contributed by atoms with van der Waals surface area (Å²) in [5, 5.41) is 14.8. The van der Waals surface area contributed by atoms with Gasteiger partial charge in [-0.25, -0.2) is 0 Å². The highest BCUT2D eigenvalue weighted by Gasteiger charge is 2.20. The van der Waals surface area contributed by atoms with Gasteiger partial charge in [-0.3, -0.25) is 9.59 Å². The molecular weight excluding hydrogens is 244 g/mol. The third-order valence-electron chi connectivity index (χ3n) is 3.58. The molecule has 0 aromatic heterocycles. The maximum Gasteiger partial charge on any atom is 0.303 e. The van der Waals surface area contributed by atoms with Crippen molar-refractivity contribution in [1.29, 1.82) is 0 Å². The summed E-state index contributed by atoms with van der Waals surface area (Å²) in [6.45, 7) is 3.47. The molecule has 5 heteroatoms. The van der Waals surface area contributed by atoms with Gasteiger partial charge >= 0.3 is 5.97 Å². The van der Waals surface area contributed by atoms with E-state index in [1.54, 1.807) is 0 Å². The molecule has 110 valence electrons. The molecule has 1 aliphatic carbocycles. The van der Waals surface area contributed by atoms with Crippen molar-refractivity contribution in [2.75, 3.05) is 13.1 Å². The Kier molecular flexibility index (Phi) is 7.48. The Labute approximate surface area is 115 Å². The van der Waals surface area contributed by atoms with Gasteiger partial charge in [-0.15, -0.1) is 0 Å². The molecule has 0 aromatic carbocycles. The summed E-state index contributed by atoms with van der Waals surface area (Å²) >= 11 is 0. The number of carboxylic acids is 1. The number of aliphatic carboxylic acids is 1. The zero-order valence-electron chi connectivity index (χ0n) is 11.8. The van der Waals surface area contributed by atoms with E-state index in [0.29, 0.717) is 31.3 Å². The quantitative estimate of drug-likeness (QED) is 0.532. The molecule has 5 nitrogen and oxygen atoms in total. The normalized spacial score (nSPS) is 16.1. The molecular formula is C14H26N2O3. The SMILES string of the molecule is CCC(CCNC(=O)CCNC1CC1)CCC(=O)O. The molecule has 1 unspecified atom stereocenters. The first-order valence-electron chi connectivity index (χ1n) is 7.33. The molecule has 0 bridgehead atoms. The van der Waals surface area contributed by atoms with Crippen LogP contribution >= 0.6 is 0 Å². The fourth-order valence-electron chi connectivity index (χ4n) is 2.06. The molecule has 1 amide bonds. The molecule has 0 aromatic rings. The second-order valence-electron chi connectivity index (χ2n) is 5.32. The molecule has 1 atom stereocenters. The maximum atomic E-state index is 11.5. The van der Waals surface area contributed by atoms with Crippen molar-refractivity contribution in [3.05, 3.63) is 0 Å². The van der Waals surface area contributed by atoms with Gasteiger partial charge in [0, 0.05) is 32.0 Å². The topological polar surface area (TPSA) is 78.4 Å². The number of hydrogen-bond acceptors (Lipinski definition) is 3. The standard InChI is InChI=1S/C14H26N2O3/c1-2-11(3-6-14(18)19)7-9-16-13(17)8-10-15-12-4-5-12/h11-12,15H,2-10H2,1H3,(H,16,17)(H,18,19). The highest BCUT2D eigenvalue weighted by molar-refractivity contribution is 5.76. The Morgan fingerprint density at radius 3 is 2.53 bits per heavy atom. The van der Waals surface area contributed by atoms with E-state index >= 15 is 0 Å². The van der Waals surface area contributed by atoms with Crippen LogP contribution in [0.5, 0.6) is 0 Å². The second-order valence-corrected chi connectivity index (χ2v) is 5.32. The Morgan fingerprint density at radius 1 is 1.21 bits per heavy atom. The van der Waals surface area contributed by atoms with Crippen LogP contribution in [-0.4, -0.2) is 36.1 Å². The van der Waals surface area contributed by atoms with E-state index in [9.17, 15) is 9.59 Å². The van der Waals surface area contributed by atoms with Gasteiger partial charge in [0.1, 0.15) is 0 Å². The van der Waals surface area contributed by atoms with Crippen molar-refractivity contribution in [3.8, 4) is 0 Å². The average Bonchev–Trinajstić information content (AvgIpc) is 3.17. The monoisotopic (exact) mass is 270 g/mol. The lowest BCUT2D eigenvalue weighted by Crippen LogP contribution is -2.30. The van der Waals surface area contributed by atoms with E-state index in [1.807, 2.05) is 0 Å². The minimum atomic E-state index is -0.742. The summed E-state index contributed by atoms with van der Waals surface area (Å²) in [6.07, 6.45) is 5.76. The van der Waals surface area contributed by atoms with E-state index < -0.39 is 5.97 Å². The average molecular weight is 270 g/mol. The van der Waals surface area contributed by atoms with Crippen LogP contribution in [0.3, 0.4) is 0 Å². The van der Waals surface area contributed by atoms with Crippen molar-refractivity contribution in [2.45, 2.75) is 57.9 Å². The fraction of sp³-hybridized carbons (Fsp3) is 0.857. The van der Waals surface area contributed by atoms with E-state index in [2.05, 4.69) is 17.6 Å². The lowest BCUT2D eigenvalue weighted by molar-refractivity contribution is -0.137. The lowest BCUT2D eigenvalue weighted by Gasteiger charge is -2.14. The third kappa shape index (κ3) is 8.59. The Bertz CT molecular complexity index is 290. The van der Waals surface area contributed by atoms with E-state index in [0.717, 1.165) is 19.4 Å². The minimum absolute atomic E-state index is 0.0845. The highest BCUT2D eigenvalue weighted by Crippen LogP contribution is 2.18. The number of carbonyl (C=O) groups is 2. The summed E-state index contributed by atoms with van der Waals surface area (Å²) in [5.74, 6) is -0.268. The third-order valence-corrected chi connectivity index (χ3v) is 3.58. The molecule has 1 aliphatic rings. The zero-order valence-corrected chi connectivity index (χ0v) is 11.8. The molecule has 0 spiro atoms. The number of rotatable bonds is 11. The zero-order chi connectivity index (χ0) is 14.1. The van der Waals surface area contributed by atoms with Crippen LogP contribution in [0.15, 0.2) is 0 Å². The predicted molar refractivity (Wildman–Crippen MR) is 73.9 cm³/mol. The molecule has 0 saturated heterocycles. The van der Waals surface area contributed by atoms with E-state index in [4.69, 9.17) is 5.11 Å². The largest absolute Gasteiger partial charge is 0.481 e. The molecule has 3 N–H and O–H groups in total. The summed E-state index contributed by atoms with van der Waals surface area (Å²) in [4.78, 5) is 22.0. The predicted octanol–water partition coefficient (Wildman–Crippen LogP) is 1.53. The number of nitrogens with one attached hydrogen (secondary N) is 2. The van der Waals surface area contributed by atoms with Gasteiger partial charge < -0.3 is 15.7 Å². The Hall–Kier alpha value is -1.10. The minimum Gasteiger partial charge on any atom is -0.481 e. The van der Waals surface area contributed by atoms with Crippen LogP contribution in [-0.2, 0) is 9.59 Å². The fourth-order valence-corrected chi connectivity index (χ4v) is 2.06. The summed E-state index contributed by atoms with van der Waals surface area (Å²) in [7, 11) is 0. The van der Waals surface area contributed by atoms with Crippen molar-refractivity contribution in [2.24, 2.45) is 5.92 Å². The van der Waals surface area contributed by atoms with Crippen LogP contribution < -0.4 is 10.6 Å². The van der Waals surface area contributed by atoms with Crippen LogP contribution in [0.1, 0.15) is 51.9 Å². The van der Waals surface area contributed by atoms with Crippen molar-refractivity contribution >= 4 is 11.9 Å². The molecule has 0 heterocycles. The van der Waals surface area contributed by atoms with Gasteiger partial charge in [0.05, 0.1) is 0 Å². The van der Waals surface area contributed by atoms with Crippen molar-refractivity contribution in [1.82, 2.24) is 10.6 Å². The number of carbonyl (C=O) groups excluding carboxylic acids is 1. The summed E-state index contributed by atoms with van der Waals surface area (Å²) in [6, 6.07) is 0.647. The van der Waals surface area contributed by atoms with Crippen LogP contribution in [0.25, 0.3) is 0 Å². The van der Waals surface area contributed by atoms with Crippen LogP contribution in [0.2, 0.25) is 0 Å². The van der Waals surface area contributed by atoms with E-state index in [-0.39, 0.29) is 12.3 Å². The summed E-state index contributed by atoms with van der Waals surface area (Å²) < 4.78 is 0. The first kappa shape index (κ1) is 16.0. The van der Waals surface area contributed by atoms with Gasteiger partial charge in [0.2, 0.25) is 5.91 Å². The van der Waals surface area contributed by atoms with Gasteiger partial charge in [0.15, 0.2) is 0 Å². The van der Waals surface area contributed by atoms with Crippen LogP contribution in [0, 0.1) is 5.92 Å². The highest BCUT2D eigenvalue weighted by atomic mass is 16.4. The van der Waals surface area contributed by atoms with Gasteiger partial charge in [-0.1, -0.05) is 13.3 Å². The first-order valence-corrected chi connectivity index (χ1v) is 7.33. The molecule has 19 heavy (non-hydrogen) atoms. The summed E-state index contributed by atoms with van der Waals surface area (Å²) in [5.41, 5.74) is 0. The molecule has 0 aliphatic heterocycles. The van der Waals surface area contributed by atoms with Crippen LogP contribution in [0.4, 0.5) is 0 Å². The van der Waals surface area contributed by atoms with Gasteiger partial charge in [-0.05, 0) is 31.6 Å². The smallest absolute Gasteiger partial charge is 0.303 e. The molecule has 1 fully saturated rings. The number of amides is 1. The van der Waals surface area contributed by atoms with Crippen molar-refractivity contribution < 1.29 is 14.7 Å². The molecule has 1 rings (SSSR count). The number of carboxylic acid groups (broad SMARTS) is 1. The first-order chi connectivity index (χ1) is 9.11. The molecule has 1 saturated carbocycles. The maximum absolute atomic E-state index is 11.5. The van der Waals surface area contributed by atoms with Gasteiger partial charge in [0.25, 0.3) is 0 Å². The Balaban J connectivity index is 1.99. The van der Waals surface area contributed by atoms with Crippen molar-refractivity contribution in [3.63, 3.8) is 0 Å². The lowest BCUT2D eigenvalue weighted by atomic mass is 9.96. The van der Waals surface area contributed by atoms with E-state index in [1.165, 1.54) is 12.8 Å². The second kappa shape index (κ2) is 8.91. The Morgan fingerprint density at radius 2 is 1.95 bits per heavy atom. The molecule has 0 radical (unpaired) electrons. The van der Waals surface area contributed by atoms with Gasteiger partial charge in [-0.2, -0.15) is 0 Å².